The number of methoxy groups -OCH3 is 1. The van der Waals surface area contributed by atoms with Crippen LogP contribution in [-0.2, 0) is 0 Å². The van der Waals surface area contributed by atoms with E-state index < -0.39 is 0 Å². The van der Waals surface area contributed by atoms with Crippen LogP contribution in [0.5, 0.6) is 17.2 Å². The Hall–Kier alpha value is -2.69. The molecule has 0 radical (unpaired) electrons. The Morgan fingerprint density at radius 3 is 2.80 bits per heavy atom. The first-order chi connectivity index (χ1) is 9.76. The lowest BCUT2D eigenvalue weighted by atomic mass is 10.2. The van der Waals surface area contributed by atoms with Crippen molar-refractivity contribution in [3.63, 3.8) is 0 Å². The van der Waals surface area contributed by atoms with Crippen LogP contribution >= 0.6 is 0 Å². The summed E-state index contributed by atoms with van der Waals surface area (Å²) < 4.78 is 20.7. The molecule has 0 fully saturated rings. The van der Waals surface area contributed by atoms with Crippen molar-refractivity contribution < 1.29 is 18.6 Å². The molecule has 0 amide bonds. The molecule has 1 aliphatic heterocycles. The third-order valence-electron chi connectivity index (χ3n) is 2.87. The molecule has 1 aromatic heterocycles. The van der Waals surface area contributed by atoms with Crippen molar-refractivity contribution in [1.82, 2.24) is 0 Å². The zero-order valence-electron chi connectivity index (χ0n) is 10.8. The van der Waals surface area contributed by atoms with E-state index in [1.54, 1.807) is 6.08 Å². The third-order valence-corrected chi connectivity index (χ3v) is 2.87. The van der Waals surface area contributed by atoms with Gasteiger partial charge in [-0.15, -0.1) is 0 Å². The maximum absolute atomic E-state index is 11.6. The molecule has 0 spiro atoms. The van der Waals surface area contributed by atoms with Crippen molar-refractivity contribution in [2.24, 2.45) is 0 Å². The van der Waals surface area contributed by atoms with Gasteiger partial charge in [-0.3, -0.25) is 4.79 Å². The lowest BCUT2D eigenvalue weighted by Crippen LogP contribution is -2.03. The minimum absolute atomic E-state index is 0.185. The summed E-state index contributed by atoms with van der Waals surface area (Å²) in [6, 6.07) is 6.97. The Balaban J connectivity index is 1.83. The van der Waals surface area contributed by atoms with Crippen molar-refractivity contribution in [3.05, 3.63) is 52.1 Å². The molecular formula is C15H12O5. The molecule has 20 heavy (non-hydrogen) atoms. The van der Waals surface area contributed by atoms with Gasteiger partial charge in [0.15, 0.2) is 11.5 Å². The Morgan fingerprint density at radius 2 is 2.00 bits per heavy atom. The van der Waals surface area contributed by atoms with E-state index in [1.165, 1.54) is 19.4 Å². The number of hydrogen-bond donors (Lipinski definition) is 0. The Morgan fingerprint density at radius 1 is 1.15 bits per heavy atom. The highest BCUT2D eigenvalue weighted by molar-refractivity contribution is 5.69. The maximum atomic E-state index is 11.6. The second-order valence-corrected chi connectivity index (χ2v) is 4.16. The molecule has 0 saturated carbocycles. The van der Waals surface area contributed by atoms with Gasteiger partial charge in [-0.2, -0.15) is 0 Å². The van der Waals surface area contributed by atoms with Crippen molar-refractivity contribution in [2.45, 2.75) is 0 Å². The lowest BCUT2D eigenvalue weighted by Gasteiger charge is -1.99. The minimum Gasteiger partial charge on any atom is -0.490 e. The summed E-state index contributed by atoms with van der Waals surface area (Å²) in [6.45, 7) is 0.246. The summed E-state index contributed by atoms with van der Waals surface area (Å²) in [7, 11) is 1.42. The van der Waals surface area contributed by atoms with Crippen LogP contribution in [0.25, 0.3) is 12.2 Å². The Kier molecular flexibility index (Phi) is 3.16. The second-order valence-electron chi connectivity index (χ2n) is 4.16. The molecule has 2 heterocycles. The predicted octanol–water partition coefficient (Wildman–Crippen LogP) is 2.55. The standard InChI is InChI=1S/C15H12O5/c1-17-15-8-18-11(7-12(15)16)4-2-10-3-5-13-14(6-10)20-9-19-13/h2-8H,9H2,1H3/b4-2+. The molecule has 0 aliphatic carbocycles. The predicted molar refractivity (Wildman–Crippen MR) is 73.0 cm³/mol. The normalized spacial score (nSPS) is 12.8. The first-order valence-corrected chi connectivity index (χ1v) is 6.01. The van der Waals surface area contributed by atoms with Crippen LogP contribution < -0.4 is 19.6 Å². The molecule has 102 valence electrons. The van der Waals surface area contributed by atoms with Gasteiger partial charge in [0.25, 0.3) is 0 Å². The van der Waals surface area contributed by atoms with Crippen LogP contribution in [0.2, 0.25) is 0 Å². The summed E-state index contributed by atoms with van der Waals surface area (Å²) >= 11 is 0. The summed E-state index contributed by atoms with van der Waals surface area (Å²) in [4.78, 5) is 11.6. The van der Waals surface area contributed by atoms with Gasteiger partial charge in [0.2, 0.25) is 18.0 Å². The molecule has 0 N–H and O–H groups in total. The van der Waals surface area contributed by atoms with Gasteiger partial charge < -0.3 is 18.6 Å². The van der Waals surface area contributed by atoms with E-state index in [-0.39, 0.29) is 18.0 Å². The zero-order valence-corrected chi connectivity index (χ0v) is 10.8. The minimum atomic E-state index is -0.218. The molecule has 1 aliphatic rings. The highest BCUT2D eigenvalue weighted by atomic mass is 16.7. The van der Waals surface area contributed by atoms with Gasteiger partial charge in [-0.05, 0) is 23.8 Å². The summed E-state index contributed by atoms with van der Waals surface area (Å²) in [5.41, 5.74) is 0.705. The van der Waals surface area contributed by atoms with E-state index >= 15 is 0 Å². The van der Waals surface area contributed by atoms with E-state index in [1.807, 2.05) is 24.3 Å². The van der Waals surface area contributed by atoms with E-state index in [0.717, 1.165) is 11.3 Å². The molecule has 0 unspecified atom stereocenters. The van der Waals surface area contributed by atoms with Gasteiger partial charge in [0.1, 0.15) is 12.0 Å². The molecule has 1 aromatic carbocycles. The molecule has 5 heteroatoms. The lowest BCUT2D eigenvalue weighted by molar-refractivity contribution is 0.174. The quantitative estimate of drug-likeness (QED) is 0.859. The van der Waals surface area contributed by atoms with E-state index in [0.29, 0.717) is 11.5 Å². The first kappa shape index (κ1) is 12.3. The van der Waals surface area contributed by atoms with Gasteiger partial charge in [0, 0.05) is 6.07 Å². The fourth-order valence-corrected chi connectivity index (χ4v) is 1.85. The molecular weight excluding hydrogens is 260 g/mol. The van der Waals surface area contributed by atoms with Gasteiger partial charge in [-0.25, -0.2) is 0 Å². The molecule has 0 saturated heterocycles. The molecule has 5 nitrogen and oxygen atoms in total. The van der Waals surface area contributed by atoms with Crippen LogP contribution in [0, 0.1) is 0 Å². The van der Waals surface area contributed by atoms with Gasteiger partial charge >= 0.3 is 0 Å². The average Bonchev–Trinajstić information content (AvgIpc) is 2.92. The van der Waals surface area contributed by atoms with E-state index in [4.69, 9.17) is 18.6 Å². The summed E-state index contributed by atoms with van der Waals surface area (Å²) in [5.74, 6) is 2.08. The molecule has 0 bridgehead atoms. The number of rotatable bonds is 3. The SMILES string of the molecule is COc1coc(/C=C/c2ccc3c(c2)OCO3)cc1=O. The van der Waals surface area contributed by atoms with Crippen molar-refractivity contribution in [1.29, 1.82) is 0 Å². The maximum Gasteiger partial charge on any atom is 0.231 e. The fourth-order valence-electron chi connectivity index (χ4n) is 1.85. The van der Waals surface area contributed by atoms with Gasteiger partial charge in [0.05, 0.1) is 7.11 Å². The van der Waals surface area contributed by atoms with Crippen LogP contribution in [0.1, 0.15) is 11.3 Å². The van der Waals surface area contributed by atoms with Crippen LogP contribution in [0.3, 0.4) is 0 Å². The molecule has 0 atom stereocenters. The third kappa shape index (κ3) is 2.38. The highest BCUT2D eigenvalue weighted by Gasteiger charge is 2.12. The Labute approximate surface area is 115 Å². The zero-order chi connectivity index (χ0) is 13.9. The Bertz CT molecular complexity index is 714. The van der Waals surface area contributed by atoms with Crippen LogP contribution in [0.4, 0.5) is 0 Å². The van der Waals surface area contributed by atoms with Crippen LogP contribution in [0.15, 0.2) is 39.7 Å². The fraction of sp³-hybridized carbons (Fsp3) is 0.133. The number of ether oxygens (including phenoxy) is 3. The number of fused-ring (bicyclic) bond motifs is 1. The number of benzene rings is 1. The van der Waals surface area contributed by atoms with Gasteiger partial charge in [-0.1, -0.05) is 12.1 Å². The van der Waals surface area contributed by atoms with Crippen molar-refractivity contribution in [3.8, 4) is 17.2 Å². The van der Waals surface area contributed by atoms with Crippen molar-refractivity contribution >= 4 is 12.2 Å². The molecule has 2 aromatic rings. The van der Waals surface area contributed by atoms with Crippen LogP contribution in [-0.4, -0.2) is 13.9 Å². The van der Waals surface area contributed by atoms with E-state index in [2.05, 4.69) is 0 Å². The molecule has 3 rings (SSSR count). The second kappa shape index (κ2) is 5.13. The first-order valence-electron chi connectivity index (χ1n) is 6.01. The summed E-state index contributed by atoms with van der Waals surface area (Å²) in [6.07, 6.45) is 4.83. The highest BCUT2D eigenvalue weighted by Crippen LogP contribution is 2.32. The monoisotopic (exact) mass is 272 g/mol. The average molecular weight is 272 g/mol. The van der Waals surface area contributed by atoms with Crippen molar-refractivity contribution in [2.75, 3.05) is 13.9 Å². The topological polar surface area (TPSA) is 57.9 Å². The largest absolute Gasteiger partial charge is 0.490 e. The smallest absolute Gasteiger partial charge is 0.231 e. The number of hydrogen-bond acceptors (Lipinski definition) is 5. The summed E-state index contributed by atoms with van der Waals surface area (Å²) in [5, 5.41) is 0. The van der Waals surface area contributed by atoms with E-state index in [9.17, 15) is 4.79 Å².